The Morgan fingerprint density at radius 1 is 1.41 bits per heavy atom. The first kappa shape index (κ1) is 12.8. The van der Waals surface area contributed by atoms with Crippen molar-refractivity contribution in [1.29, 1.82) is 0 Å². The number of hydrogen-bond donors (Lipinski definition) is 2. The third-order valence-electron chi connectivity index (χ3n) is 4.22. The molecular weight excluding hydrogens is 216 g/mol. The van der Waals surface area contributed by atoms with Gasteiger partial charge >= 0.3 is 0 Å². The van der Waals surface area contributed by atoms with Gasteiger partial charge in [-0.25, -0.2) is 0 Å². The number of piperidine rings is 1. The second-order valence-corrected chi connectivity index (χ2v) is 5.45. The summed E-state index contributed by atoms with van der Waals surface area (Å²) in [6.45, 7) is 4.08. The Labute approximate surface area is 103 Å². The standard InChI is InChI=1S/C13H24N2O2/c1-10-5-7-15(12(10)9-16)13(17)8-11-4-2-3-6-14-11/h10-12,14,16H,2-9H2,1H3. The predicted octanol–water partition coefficient (Wildman–Crippen LogP) is 0.748. The van der Waals surface area contributed by atoms with Crippen LogP contribution in [0.15, 0.2) is 0 Å². The van der Waals surface area contributed by atoms with Crippen LogP contribution in [-0.4, -0.2) is 47.7 Å². The van der Waals surface area contributed by atoms with Gasteiger partial charge in [-0.2, -0.15) is 0 Å². The van der Waals surface area contributed by atoms with Crippen molar-refractivity contribution < 1.29 is 9.90 Å². The molecule has 0 bridgehead atoms. The Balaban J connectivity index is 1.86. The van der Waals surface area contributed by atoms with Gasteiger partial charge in [-0.1, -0.05) is 13.3 Å². The molecule has 2 heterocycles. The van der Waals surface area contributed by atoms with Gasteiger partial charge in [0.25, 0.3) is 0 Å². The average molecular weight is 240 g/mol. The van der Waals surface area contributed by atoms with E-state index in [1.807, 2.05) is 4.90 Å². The summed E-state index contributed by atoms with van der Waals surface area (Å²) in [5, 5.41) is 12.8. The smallest absolute Gasteiger partial charge is 0.224 e. The first-order valence-corrected chi connectivity index (χ1v) is 6.86. The predicted molar refractivity (Wildman–Crippen MR) is 66.6 cm³/mol. The monoisotopic (exact) mass is 240 g/mol. The second kappa shape index (κ2) is 5.83. The molecule has 2 saturated heterocycles. The lowest BCUT2D eigenvalue weighted by Gasteiger charge is -2.29. The van der Waals surface area contributed by atoms with Crippen LogP contribution >= 0.6 is 0 Å². The van der Waals surface area contributed by atoms with E-state index in [1.54, 1.807) is 0 Å². The van der Waals surface area contributed by atoms with Crippen molar-refractivity contribution in [2.75, 3.05) is 19.7 Å². The number of aliphatic hydroxyl groups is 1. The molecule has 17 heavy (non-hydrogen) atoms. The Morgan fingerprint density at radius 3 is 2.88 bits per heavy atom. The quantitative estimate of drug-likeness (QED) is 0.765. The number of carbonyl (C=O) groups excluding carboxylic acids is 1. The van der Waals surface area contributed by atoms with Gasteiger partial charge in [-0.15, -0.1) is 0 Å². The fourth-order valence-corrected chi connectivity index (χ4v) is 3.02. The van der Waals surface area contributed by atoms with Crippen molar-refractivity contribution in [2.45, 2.75) is 51.1 Å². The number of nitrogens with one attached hydrogen (secondary N) is 1. The van der Waals surface area contributed by atoms with Crippen LogP contribution in [0.4, 0.5) is 0 Å². The van der Waals surface area contributed by atoms with E-state index in [0.29, 0.717) is 18.4 Å². The number of likely N-dealkylation sites (tertiary alicyclic amines) is 1. The maximum Gasteiger partial charge on any atom is 0.224 e. The molecule has 0 aliphatic carbocycles. The second-order valence-electron chi connectivity index (χ2n) is 5.45. The first-order chi connectivity index (χ1) is 8.22. The molecule has 2 aliphatic heterocycles. The molecule has 0 aromatic rings. The Morgan fingerprint density at radius 2 is 2.24 bits per heavy atom. The molecule has 0 radical (unpaired) electrons. The van der Waals surface area contributed by atoms with Gasteiger partial charge in [0.15, 0.2) is 0 Å². The van der Waals surface area contributed by atoms with E-state index >= 15 is 0 Å². The van der Waals surface area contributed by atoms with E-state index < -0.39 is 0 Å². The molecule has 0 spiro atoms. The number of carbonyl (C=O) groups is 1. The van der Waals surface area contributed by atoms with Gasteiger partial charge in [0.05, 0.1) is 12.6 Å². The minimum Gasteiger partial charge on any atom is -0.394 e. The van der Waals surface area contributed by atoms with Crippen LogP contribution in [0.2, 0.25) is 0 Å². The van der Waals surface area contributed by atoms with Gasteiger partial charge in [0, 0.05) is 19.0 Å². The molecule has 4 nitrogen and oxygen atoms in total. The van der Waals surface area contributed by atoms with E-state index in [0.717, 1.165) is 25.9 Å². The number of rotatable bonds is 3. The SMILES string of the molecule is CC1CCN(C(=O)CC2CCCCN2)C1CO. The van der Waals surface area contributed by atoms with Crippen LogP contribution in [0.25, 0.3) is 0 Å². The summed E-state index contributed by atoms with van der Waals surface area (Å²) in [6, 6.07) is 0.401. The lowest BCUT2D eigenvalue weighted by Crippen LogP contribution is -2.44. The molecule has 3 atom stereocenters. The minimum absolute atomic E-state index is 0.0473. The maximum atomic E-state index is 12.2. The highest BCUT2D eigenvalue weighted by Gasteiger charge is 2.34. The highest BCUT2D eigenvalue weighted by atomic mass is 16.3. The normalized spacial score (nSPS) is 34.0. The molecule has 0 aromatic carbocycles. The largest absolute Gasteiger partial charge is 0.394 e. The Hall–Kier alpha value is -0.610. The zero-order valence-corrected chi connectivity index (χ0v) is 10.7. The number of amides is 1. The van der Waals surface area contributed by atoms with Crippen LogP contribution in [0, 0.1) is 5.92 Å². The van der Waals surface area contributed by atoms with E-state index in [2.05, 4.69) is 12.2 Å². The summed E-state index contributed by atoms with van der Waals surface area (Å²) in [5.41, 5.74) is 0. The minimum atomic E-state index is 0.0473. The van der Waals surface area contributed by atoms with Gasteiger partial charge < -0.3 is 15.3 Å². The van der Waals surface area contributed by atoms with E-state index in [4.69, 9.17) is 0 Å². The third-order valence-corrected chi connectivity index (χ3v) is 4.22. The summed E-state index contributed by atoms with van der Waals surface area (Å²) < 4.78 is 0. The van der Waals surface area contributed by atoms with Crippen molar-refractivity contribution in [3.63, 3.8) is 0 Å². The molecule has 2 N–H and O–H groups in total. The molecule has 2 rings (SSSR count). The van der Waals surface area contributed by atoms with Crippen molar-refractivity contribution in [3.05, 3.63) is 0 Å². The fourth-order valence-electron chi connectivity index (χ4n) is 3.02. The summed E-state index contributed by atoms with van der Waals surface area (Å²) in [7, 11) is 0. The molecule has 98 valence electrons. The van der Waals surface area contributed by atoms with Crippen LogP contribution in [-0.2, 0) is 4.79 Å². The summed E-state index contributed by atoms with van der Waals surface area (Å²) in [6.07, 6.45) is 5.19. The van der Waals surface area contributed by atoms with E-state index in [-0.39, 0.29) is 18.6 Å². The van der Waals surface area contributed by atoms with Crippen LogP contribution < -0.4 is 5.32 Å². The lowest BCUT2D eigenvalue weighted by atomic mass is 10.0. The van der Waals surface area contributed by atoms with Gasteiger partial charge in [0.1, 0.15) is 0 Å². The topological polar surface area (TPSA) is 52.6 Å². The number of nitrogens with zero attached hydrogens (tertiary/aromatic N) is 1. The van der Waals surface area contributed by atoms with E-state index in [9.17, 15) is 9.90 Å². The summed E-state index contributed by atoms with van der Waals surface area (Å²) >= 11 is 0. The van der Waals surface area contributed by atoms with E-state index in [1.165, 1.54) is 12.8 Å². The van der Waals surface area contributed by atoms with Gasteiger partial charge in [0.2, 0.25) is 5.91 Å². The average Bonchev–Trinajstić information content (AvgIpc) is 2.71. The lowest BCUT2D eigenvalue weighted by molar-refractivity contribution is -0.133. The molecule has 2 fully saturated rings. The highest BCUT2D eigenvalue weighted by Crippen LogP contribution is 2.25. The summed E-state index contributed by atoms with van der Waals surface area (Å²) in [4.78, 5) is 14.1. The fraction of sp³-hybridized carbons (Fsp3) is 0.923. The van der Waals surface area contributed by atoms with Crippen LogP contribution in [0.1, 0.15) is 39.0 Å². The molecule has 1 amide bonds. The zero-order chi connectivity index (χ0) is 12.3. The van der Waals surface area contributed by atoms with Crippen molar-refractivity contribution in [1.82, 2.24) is 10.2 Å². The molecule has 0 saturated carbocycles. The molecule has 3 unspecified atom stereocenters. The molecular formula is C13H24N2O2. The number of hydrogen-bond acceptors (Lipinski definition) is 3. The third kappa shape index (κ3) is 2.99. The van der Waals surface area contributed by atoms with Crippen molar-refractivity contribution >= 4 is 5.91 Å². The van der Waals surface area contributed by atoms with Crippen molar-refractivity contribution in [3.8, 4) is 0 Å². The maximum absolute atomic E-state index is 12.2. The van der Waals surface area contributed by atoms with Gasteiger partial charge in [-0.05, 0) is 31.7 Å². The Bertz CT molecular complexity index is 264. The molecule has 2 aliphatic rings. The first-order valence-electron chi connectivity index (χ1n) is 6.86. The summed E-state index contributed by atoms with van der Waals surface area (Å²) in [5.74, 6) is 0.649. The highest BCUT2D eigenvalue weighted by molar-refractivity contribution is 5.77. The molecule has 0 aromatic heterocycles. The zero-order valence-electron chi connectivity index (χ0n) is 10.7. The van der Waals surface area contributed by atoms with Crippen LogP contribution in [0.5, 0.6) is 0 Å². The Kier molecular flexibility index (Phi) is 4.40. The molecule has 4 heteroatoms. The van der Waals surface area contributed by atoms with Crippen molar-refractivity contribution in [2.24, 2.45) is 5.92 Å². The van der Waals surface area contributed by atoms with Gasteiger partial charge in [-0.3, -0.25) is 4.79 Å². The van der Waals surface area contributed by atoms with Crippen LogP contribution in [0.3, 0.4) is 0 Å². The number of aliphatic hydroxyl groups excluding tert-OH is 1.